The van der Waals surface area contributed by atoms with Crippen molar-refractivity contribution >= 4 is 46.2 Å². The summed E-state index contributed by atoms with van der Waals surface area (Å²) in [6, 6.07) is 11.1. The highest BCUT2D eigenvalue weighted by Gasteiger charge is 2.11. The highest BCUT2D eigenvalue weighted by molar-refractivity contribution is 7.80. The van der Waals surface area contributed by atoms with Crippen molar-refractivity contribution in [2.45, 2.75) is 6.92 Å². The lowest BCUT2D eigenvalue weighted by Crippen LogP contribution is -2.37. The van der Waals surface area contributed by atoms with E-state index in [1.54, 1.807) is 31.2 Å². The van der Waals surface area contributed by atoms with Crippen LogP contribution in [0.15, 0.2) is 42.5 Å². The number of anilines is 1. The molecule has 0 fully saturated rings. The van der Waals surface area contributed by atoms with Gasteiger partial charge in [-0.3, -0.25) is 20.2 Å². The molecule has 2 aromatic rings. The Hall–Kier alpha value is -2.71. The van der Waals surface area contributed by atoms with Crippen LogP contribution in [0.2, 0.25) is 5.02 Å². The number of halogens is 1. The van der Waals surface area contributed by atoms with Crippen LogP contribution in [0.4, 0.5) is 11.4 Å². The maximum absolute atomic E-state index is 11.9. The normalized spacial score (nSPS) is 10.0. The van der Waals surface area contributed by atoms with Gasteiger partial charge < -0.3 is 10.1 Å². The van der Waals surface area contributed by atoms with Crippen LogP contribution in [-0.2, 0) is 4.79 Å². The number of ether oxygens (including phenoxy) is 1. The summed E-state index contributed by atoms with van der Waals surface area (Å²) in [5.41, 5.74) is 1.16. The number of benzene rings is 2. The molecule has 2 rings (SSSR count). The Morgan fingerprint density at radius 1 is 1.32 bits per heavy atom. The lowest BCUT2D eigenvalue weighted by atomic mass is 10.2. The number of nitro groups is 1. The van der Waals surface area contributed by atoms with E-state index in [0.29, 0.717) is 22.0 Å². The molecule has 7 nitrogen and oxygen atoms in total. The van der Waals surface area contributed by atoms with E-state index in [1.165, 1.54) is 18.2 Å². The molecule has 0 bridgehead atoms. The number of carbonyl (C=O) groups excluding carboxylic acids is 1. The first-order valence-corrected chi connectivity index (χ1v) is 7.88. The standard InChI is InChI=1S/C16H14ClN3O4S/c1-10-8-11(20(22)23)6-7-13(10)18-16(25)19-15(21)9-24-14-5-3-2-4-12(14)17/h2-8H,9H2,1H3,(H2,18,19,21,25). The van der Waals surface area contributed by atoms with Crippen LogP contribution in [-0.4, -0.2) is 22.5 Å². The molecule has 130 valence electrons. The van der Waals surface area contributed by atoms with Crippen molar-refractivity contribution in [3.8, 4) is 5.75 Å². The summed E-state index contributed by atoms with van der Waals surface area (Å²) in [4.78, 5) is 22.1. The zero-order valence-corrected chi connectivity index (χ0v) is 14.7. The molecule has 0 aliphatic heterocycles. The van der Waals surface area contributed by atoms with Gasteiger partial charge in [0.15, 0.2) is 11.7 Å². The van der Waals surface area contributed by atoms with Crippen LogP contribution in [0.25, 0.3) is 0 Å². The summed E-state index contributed by atoms with van der Waals surface area (Å²) >= 11 is 11.0. The van der Waals surface area contributed by atoms with E-state index in [0.717, 1.165) is 0 Å². The zero-order chi connectivity index (χ0) is 18.4. The van der Waals surface area contributed by atoms with Gasteiger partial charge in [-0.15, -0.1) is 0 Å². The fourth-order valence-corrected chi connectivity index (χ4v) is 2.34. The molecule has 0 spiro atoms. The average molecular weight is 380 g/mol. The number of non-ortho nitro benzene ring substituents is 1. The van der Waals surface area contributed by atoms with E-state index in [1.807, 2.05) is 0 Å². The van der Waals surface area contributed by atoms with Crippen LogP contribution in [0, 0.1) is 17.0 Å². The van der Waals surface area contributed by atoms with Crippen molar-refractivity contribution in [1.29, 1.82) is 0 Å². The summed E-state index contributed by atoms with van der Waals surface area (Å²) < 4.78 is 5.31. The van der Waals surface area contributed by atoms with Crippen LogP contribution < -0.4 is 15.4 Å². The number of thiocarbonyl (C=S) groups is 1. The predicted molar refractivity (Wildman–Crippen MR) is 99.1 cm³/mol. The Kier molecular flexibility index (Phi) is 6.26. The number of amides is 1. The lowest BCUT2D eigenvalue weighted by molar-refractivity contribution is -0.384. The van der Waals surface area contributed by atoms with E-state index in [4.69, 9.17) is 28.6 Å². The van der Waals surface area contributed by atoms with Gasteiger partial charge in [0, 0.05) is 17.8 Å². The Morgan fingerprint density at radius 2 is 2.04 bits per heavy atom. The molecule has 0 saturated heterocycles. The van der Waals surface area contributed by atoms with Crippen LogP contribution >= 0.6 is 23.8 Å². The maximum Gasteiger partial charge on any atom is 0.269 e. The van der Waals surface area contributed by atoms with Crippen LogP contribution in [0.5, 0.6) is 5.75 Å². The monoisotopic (exact) mass is 379 g/mol. The van der Waals surface area contributed by atoms with Crippen molar-refractivity contribution in [2.75, 3.05) is 11.9 Å². The largest absolute Gasteiger partial charge is 0.482 e. The van der Waals surface area contributed by atoms with Gasteiger partial charge in [0.05, 0.1) is 9.95 Å². The minimum Gasteiger partial charge on any atom is -0.482 e. The Labute approximate surface area is 154 Å². The predicted octanol–water partition coefficient (Wildman–Crippen LogP) is 3.45. The topological polar surface area (TPSA) is 93.5 Å². The van der Waals surface area contributed by atoms with Crippen LogP contribution in [0.1, 0.15) is 5.56 Å². The van der Waals surface area contributed by atoms with Crippen molar-refractivity contribution in [3.63, 3.8) is 0 Å². The Bertz CT molecular complexity index is 829. The van der Waals surface area contributed by atoms with Gasteiger partial charge in [-0.2, -0.15) is 0 Å². The number of nitro benzene ring substituents is 1. The Balaban J connectivity index is 1.88. The van der Waals surface area contributed by atoms with Crippen molar-refractivity contribution < 1.29 is 14.5 Å². The highest BCUT2D eigenvalue weighted by Crippen LogP contribution is 2.23. The fraction of sp³-hybridized carbons (Fsp3) is 0.125. The van der Waals surface area contributed by atoms with E-state index in [-0.39, 0.29) is 17.4 Å². The second-order valence-electron chi connectivity index (χ2n) is 4.98. The average Bonchev–Trinajstić information content (AvgIpc) is 2.55. The summed E-state index contributed by atoms with van der Waals surface area (Å²) in [6.07, 6.45) is 0. The van der Waals surface area contributed by atoms with E-state index in [9.17, 15) is 14.9 Å². The number of rotatable bonds is 5. The maximum atomic E-state index is 11.9. The van der Waals surface area contributed by atoms with E-state index >= 15 is 0 Å². The lowest BCUT2D eigenvalue weighted by Gasteiger charge is -2.12. The Morgan fingerprint density at radius 3 is 2.68 bits per heavy atom. The van der Waals surface area contributed by atoms with E-state index < -0.39 is 10.8 Å². The van der Waals surface area contributed by atoms with Gasteiger partial charge >= 0.3 is 0 Å². The van der Waals surface area contributed by atoms with E-state index in [2.05, 4.69) is 10.6 Å². The molecule has 0 aromatic heterocycles. The second kappa shape index (κ2) is 8.41. The van der Waals surface area contributed by atoms with Crippen molar-refractivity contribution in [2.24, 2.45) is 0 Å². The molecule has 0 atom stereocenters. The molecule has 9 heteroatoms. The van der Waals surface area contributed by atoms with Crippen molar-refractivity contribution in [3.05, 3.63) is 63.2 Å². The molecule has 2 N–H and O–H groups in total. The quantitative estimate of drug-likeness (QED) is 0.469. The second-order valence-corrected chi connectivity index (χ2v) is 5.79. The molecule has 1 amide bonds. The van der Waals surface area contributed by atoms with Crippen LogP contribution in [0.3, 0.4) is 0 Å². The molecule has 0 radical (unpaired) electrons. The number of hydrogen-bond acceptors (Lipinski definition) is 5. The summed E-state index contributed by atoms with van der Waals surface area (Å²) in [7, 11) is 0. The summed E-state index contributed by atoms with van der Waals surface area (Å²) in [5.74, 6) is -0.0682. The first-order chi connectivity index (χ1) is 11.9. The minimum absolute atomic E-state index is 0.0221. The van der Waals surface area contributed by atoms with Gasteiger partial charge in [0.1, 0.15) is 5.75 Å². The molecule has 2 aromatic carbocycles. The molecule has 0 aliphatic rings. The van der Waals surface area contributed by atoms with Gasteiger partial charge in [-0.25, -0.2) is 0 Å². The van der Waals surface area contributed by atoms with Gasteiger partial charge in [0.2, 0.25) is 0 Å². The van der Waals surface area contributed by atoms with Gasteiger partial charge in [-0.05, 0) is 42.9 Å². The molecule has 0 unspecified atom stereocenters. The molecular weight excluding hydrogens is 366 g/mol. The smallest absolute Gasteiger partial charge is 0.269 e. The first kappa shape index (κ1) is 18.6. The number of para-hydroxylation sites is 1. The fourth-order valence-electron chi connectivity index (χ4n) is 1.92. The SMILES string of the molecule is Cc1cc([N+](=O)[O-])ccc1NC(=S)NC(=O)COc1ccccc1Cl. The minimum atomic E-state index is -0.483. The molecule has 25 heavy (non-hydrogen) atoms. The third kappa shape index (κ3) is 5.40. The molecule has 0 saturated carbocycles. The highest BCUT2D eigenvalue weighted by atomic mass is 35.5. The van der Waals surface area contributed by atoms with Crippen molar-refractivity contribution in [1.82, 2.24) is 5.32 Å². The summed E-state index contributed by atoms with van der Waals surface area (Å²) in [5, 5.41) is 16.5. The molecular formula is C16H14ClN3O4S. The van der Waals surface area contributed by atoms with Gasteiger partial charge in [-0.1, -0.05) is 23.7 Å². The number of nitrogens with zero attached hydrogens (tertiary/aromatic N) is 1. The number of carbonyl (C=O) groups is 1. The third-order valence-electron chi connectivity index (χ3n) is 3.12. The number of hydrogen-bond donors (Lipinski definition) is 2. The zero-order valence-electron chi connectivity index (χ0n) is 13.1. The first-order valence-electron chi connectivity index (χ1n) is 7.10. The van der Waals surface area contributed by atoms with Gasteiger partial charge in [0.25, 0.3) is 11.6 Å². The summed E-state index contributed by atoms with van der Waals surface area (Å²) in [6.45, 7) is 1.44. The molecule has 0 aliphatic carbocycles. The number of aryl methyl sites for hydroxylation is 1. The molecule has 0 heterocycles. The number of nitrogens with one attached hydrogen (secondary N) is 2. The third-order valence-corrected chi connectivity index (χ3v) is 3.63.